The molecule has 0 bridgehead atoms. The average molecular weight is 314 g/mol. The maximum absolute atomic E-state index is 12.2. The van der Waals surface area contributed by atoms with Gasteiger partial charge in [-0.05, 0) is 18.6 Å². The molecular formula is C12H14N2O4S2. The van der Waals surface area contributed by atoms with Gasteiger partial charge in [0, 0.05) is 0 Å². The maximum Gasteiger partial charge on any atom is 0.331 e. The molecule has 2 N–H and O–H groups in total. The van der Waals surface area contributed by atoms with Gasteiger partial charge in [-0.3, -0.25) is 4.99 Å². The minimum Gasteiger partial charge on any atom is -0.480 e. The van der Waals surface area contributed by atoms with E-state index in [1.54, 1.807) is 18.2 Å². The molecule has 0 saturated carbocycles. The van der Waals surface area contributed by atoms with Gasteiger partial charge in [0.25, 0.3) is 0 Å². The third-order valence-electron chi connectivity index (χ3n) is 2.71. The Morgan fingerprint density at radius 2 is 2.05 bits per heavy atom. The lowest BCUT2D eigenvalue weighted by molar-refractivity contribution is -0.138. The number of benzene rings is 1. The molecule has 0 aromatic heterocycles. The van der Waals surface area contributed by atoms with Gasteiger partial charge < -0.3 is 5.11 Å². The van der Waals surface area contributed by atoms with Crippen molar-refractivity contribution in [2.24, 2.45) is 4.99 Å². The van der Waals surface area contributed by atoms with Crippen molar-refractivity contribution in [1.82, 2.24) is 4.72 Å². The molecule has 0 radical (unpaired) electrons. The molecular weight excluding hydrogens is 300 g/mol. The molecule has 108 valence electrons. The summed E-state index contributed by atoms with van der Waals surface area (Å²) in [6.07, 6.45) is 0.581. The van der Waals surface area contributed by atoms with Gasteiger partial charge in [0.1, 0.15) is 5.37 Å². The van der Waals surface area contributed by atoms with Crippen LogP contribution in [0, 0.1) is 0 Å². The van der Waals surface area contributed by atoms with E-state index in [4.69, 9.17) is 5.11 Å². The Hall–Kier alpha value is -1.38. The lowest BCUT2D eigenvalue weighted by atomic mass is 10.3. The summed E-state index contributed by atoms with van der Waals surface area (Å²) < 4.78 is 26.8. The van der Waals surface area contributed by atoms with E-state index in [9.17, 15) is 13.2 Å². The van der Waals surface area contributed by atoms with Crippen molar-refractivity contribution < 1.29 is 18.3 Å². The fourth-order valence-corrected chi connectivity index (χ4v) is 4.33. The number of thioether (sulfide) groups is 1. The van der Waals surface area contributed by atoms with Crippen molar-refractivity contribution in [3.8, 4) is 0 Å². The Bertz CT molecular complexity index is 628. The average Bonchev–Trinajstić information content (AvgIpc) is 2.82. The zero-order valence-corrected chi connectivity index (χ0v) is 12.3. The highest BCUT2D eigenvalue weighted by atomic mass is 32.2. The van der Waals surface area contributed by atoms with Crippen LogP contribution in [0.25, 0.3) is 0 Å². The second kappa shape index (κ2) is 5.94. The first-order valence-electron chi connectivity index (χ1n) is 5.97. The van der Waals surface area contributed by atoms with E-state index < -0.39 is 27.4 Å². The predicted molar refractivity (Wildman–Crippen MR) is 77.3 cm³/mol. The summed E-state index contributed by atoms with van der Waals surface area (Å²) in [6, 6.07) is 6.76. The van der Waals surface area contributed by atoms with E-state index >= 15 is 0 Å². The number of hydrogen-bond donors (Lipinski definition) is 2. The molecule has 8 heteroatoms. The number of nitrogens with zero attached hydrogens (tertiary/aromatic N) is 1. The lowest BCUT2D eigenvalue weighted by Gasteiger charge is -2.15. The molecule has 1 aliphatic rings. The lowest BCUT2D eigenvalue weighted by Crippen LogP contribution is -2.41. The number of sulfonamides is 1. The normalized spacial score (nSPS) is 22.6. The Labute approximate surface area is 121 Å². The molecule has 1 heterocycles. The van der Waals surface area contributed by atoms with Crippen LogP contribution in [-0.2, 0) is 14.8 Å². The van der Waals surface area contributed by atoms with E-state index in [0.29, 0.717) is 11.5 Å². The number of carboxylic acid groups (broad SMARTS) is 1. The van der Waals surface area contributed by atoms with Crippen LogP contribution in [0.1, 0.15) is 13.3 Å². The van der Waals surface area contributed by atoms with Crippen LogP contribution in [-0.4, -0.2) is 36.0 Å². The van der Waals surface area contributed by atoms with Crippen molar-refractivity contribution >= 4 is 32.8 Å². The van der Waals surface area contributed by atoms with E-state index in [1.807, 2.05) is 6.92 Å². The predicted octanol–water partition coefficient (Wildman–Crippen LogP) is 1.30. The van der Waals surface area contributed by atoms with Gasteiger partial charge in [0.15, 0.2) is 6.04 Å². The third kappa shape index (κ3) is 3.20. The number of hydrogen-bond acceptors (Lipinski definition) is 5. The highest BCUT2D eigenvalue weighted by Gasteiger charge is 2.37. The number of carboxylic acids is 1. The van der Waals surface area contributed by atoms with Gasteiger partial charge in [0.2, 0.25) is 10.0 Å². The number of carbonyl (C=O) groups is 1. The zero-order valence-electron chi connectivity index (χ0n) is 10.7. The summed E-state index contributed by atoms with van der Waals surface area (Å²) in [6.45, 7) is 1.85. The van der Waals surface area contributed by atoms with Crippen LogP contribution >= 0.6 is 11.8 Å². The van der Waals surface area contributed by atoms with Crippen LogP contribution in [0.5, 0.6) is 0 Å². The van der Waals surface area contributed by atoms with Gasteiger partial charge in [0.05, 0.1) is 9.94 Å². The molecule has 1 aromatic rings. The number of aliphatic imine (C=N–C) groups is 1. The van der Waals surface area contributed by atoms with Crippen molar-refractivity contribution in [3.05, 3.63) is 30.3 Å². The first kappa shape index (κ1) is 15.0. The second-order valence-electron chi connectivity index (χ2n) is 4.13. The zero-order chi connectivity index (χ0) is 14.8. The molecule has 2 rings (SSSR count). The fraction of sp³-hybridized carbons (Fsp3) is 0.333. The monoisotopic (exact) mass is 314 g/mol. The van der Waals surface area contributed by atoms with Gasteiger partial charge >= 0.3 is 5.97 Å². The van der Waals surface area contributed by atoms with Crippen molar-refractivity contribution in [2.75, 3.05) is 0 Å². The van der Waals surface area contributed by atoms with Gasteiger partial charge in [-0.25, -0.2) is 13.2 Å². The molecule has 6 nitrogen and oxygen atoms in total. The second-order valence-corrected chi connectivity index (χ2v) is 7.06. The van der Waals surface area contributed by atoms with Crippen molar-refractivity contribution in [1.29, 1.82) is 0 Å². The van der Waals surface area contributed by atoms with Crippen LogP contribution in [0.4, 0.5) is 0 Å². The molecule has 0 spiro atoms. The highest BCUT2D eigenvalue weighted by Crippen LogP contribution is 2.28. The minimum absolute atomic E-state index is 0.106. The molecule has 0 fully saturated rings. The quantitative estimate of drug-likeness (QED) is 0.854. The molecule has 0 aliphatic carbocycles. The number of rotatable bonds is 5. The van der Waals surface area contributed by atoms with Crippen molar-refractivity contribution in [3.63, 3.8) is 0 Å². The summed E-state index contributed by atoms with van der Waals surface area (Å²) in [4.78, 5) is 15.3. The first-order valence-corrected chi connectivity index (χ1v) is 8.34. The molecule has 1 aromatic carbocycles. The Morgan fingerprint density at radius 3 is 2.60 bits per heavy atom. The largest absolute Gasteiger partial charge is 0.480 e. The van der Waals surface area contributed by atoms with E-state index in [-0.39, 0.29) is 4.90 Å². The molecule has 0 saturated heterocycles. The fourth-order valence-electron chi connectivity index (χ4n) is 1.73. The summed E-state index contributed by atoms with van der Waals surface area (Å²) in [5.74, 6) is -1.14. The maximum atomic E-state index is 12.2. The van der Waals surface area contributed by atoms with Crippen LogP contribution in [0.3, 0.4) is 0 Å². The molecule has 2 atom stereocenters. The molecule has 20 heavy (non-hydrogen) atoms. The first-order chi connectivity index (χ1) is 9.44. The van der Waals surface area contributed by atoms with E-state index in [2.05, 4.69) is 9.71 Å². The Morgan fingerprint density at radius 1 is 1.40 bits per heavy atom. The number of aliphatic carboxylic acids is 1. The third-order valence-corrected chi connectivity index (χ3v) is 5.62. The highest BCUT2D eigenvalue weighted by molar-refractivity contribution is 8.15. The SMILES string of the molecule is CCC1=NC(C(=O)O)C(NS(=O)(=O)c2ccccc2)S1. The summed E-state index contributed by atoms with van der Waals surface area (Å²) >= 11 is 1.15. The smallest absolute Gasteiger partial charge is 0.331 e. The van der Waals surface area contributed by atoms with Crippen LogP contribution in [0.15, 0.2) is 40.2 Å². The summed E-state index contributed by atoms with van der Waals surface area (Å²) in [5.41, 5.74) is 0. The number of nitrogens with one attached hydrogen (secondary N) is 1. The molecule has 1 aliphatic heterocycles. The minimum atomic E-state index is -3.75. The standard InChI is InChI=1S/C12H14N2O4S2/c1-2-9-13-10(12(15)16)11(19-9)14-20(17,18)8-6-4-3-5-7-8/h3-7,10-11,14H,2H2,1H3,(H,15,16). The molecule has 0 amide bonds. The Kier molecular flexibility index (Phi) is 4.46. The Balaban J connectivity index is 2.20. The van der Waals surface area contributed by atoms with Gasteiger partial charge in [-0.2, -0.15) is 4.72 Å². The molecule has 2 unspecified atom stereocenters. The van der Waals surface area contributed by atoms with Crippen LogP contribution in [0.2, 0.25) is 0 Å². The van der Waals surface area contributed by atoms with E-state index in [1.165, 1.54) is 12.1 Å². The van der Waals surface area contributed by atoms with E-state index in [0.717, 1.165) is 11.8 Å². The van der Waals surface area contributed by atoms with Gasteiger partial charge in [-0.15, -0.1) is 0 Å². The van der Waals surface area contributed by atoms with Crippen molar-refractivity contribution in [2.45, 2.75) is 29.7 Å². The van der Waals surface area contributed by atoms with Crippen LogP contribution < -0.4 is 4.72 Å². The van der Waals surface area contributed by atoms with Gasteiger partial charge in [-0.1, -0.05) is 36.9 Å². The summed E-state index contributed by atoms with van der Waals surface area (Å²) in [7, 11) is -3.75. The summed E-state index contributed by atoms with van der Waals surface area (Å²) in [5, 5.41) is 8.93. The topological polar surface area (TPSA) is 95.8 Å².